The van der Waals surface area contributed by atoms with Crippen LogP contribution in [-0.2, 0) is 23.1 Å². The van der Waals surface area contributed by atoms with Crippen molar-refractivity contribution in [3.63, 3.8) is 0 Å². The van der Waals surface area contributed by atoms with Crippen molar-refractivity contribution < 1.29 is 4.21 Å². The quantitative estimate of drug-likeness (QED) is 0.883. The van der Waals surface area contributed by atoms with Crippen molar-refractivity contribution >= 4 is 28.1 Å². The summed E-state index contributed by atoms with van der Waals surface area (Å²) >= 11 is 6.25. The van der Waals surface area contributed by atoms with E-state index in [0.717, 1.165) is 17.0 Å². The van der Waals surface area contributed by atoms with E-state index in [1.54, 1.807) is 10.7 Å². The van der Waals surface area contributed by atoms with Gasteiger partial charge in [0.25, 0.3) is 0 Å². The second-order valence-electron chi connectivity index (χ2n) is 4.64. The molecule has 4 nitrogen and oxygen atoms in total. The van der Waals surface area contributed by atoms with Gasteiger partial charge in [0.05, 0.1) is 43.5 Å². The van der Waals surface area contributed by atoms with Gasteiger partial charge in [-0.25, -0.2) is 0 Å². The Balaban J connectivity index is 2.35. The number of benzene rings is 1. The summed E-state index contributed by atoms with van der Waals surface area (Å²) in [6.45, 7) is 6.44. The van der Waals surface area contributed by atoms with Crippen molar-refractivity contribution in [1.29, 1.82) is 0 Å². The monoisotopic (exact) mass is 311 g/mol. The topological polar surface area (TPSA) is 60.9 Å². The van der Waals surface area contributed by atoms with Crippen LogP contribution in [0.25, 0.3) is 0 Å². The van der Waals surface area contributed by atoms with Crippen LogP contribution in [0.4, 0.5) is 5.69 Å². The number of rotatable bonds is 4. The fourth-order valence-electron chi connectivity index (χ4n) is 2.06. The van der Waals surface area contributed by atoms with Crippen LogP contribution in [0.2, 0.25) is 5.02 Å². The number of halogens is 1. The third-order valence-electron chi connectivity index (χ3n) is 3.25. The maximum Gasteiger partial charge on any atom is 0.0856 e. The molecule has 1 aromatic heterocycles. The highest BCUT2D eigenvalue weighted by molar-refractivity contribution is 7.84. The zero-order valence-electron chi connectivity index (χ0n) is 11.8. The Morgan fingerprint density at radius 3 is 2.75 bits per heavy atom. The highest BCUT2D eigenvalue weighted by Gasteiger charge is 2.17. The molecule has 1 heterocycles. The lowest BCUT2D eigenvalue weighted by Gasteiger charge is -2.09. The second kappa shape index (κ2) is 5.97. The number of anilines is 1. The maximum atomic E-state index is 12.5. The van der Waals surface area contributed by atoms with Gasteiger partial charge in [0.1, 0.15) is 0 Å². The van der Waals surface area contributed by atoms with Gasteiger partial charge in [-0.2, -0.15) is 5.10 Å². The van der Waals surface area contributed by atoms with Crippen molar-refractivity contribution in [2.24, 2.45) is 0 Å². The number of hydrogen-bond donors (Lipinski definition) is 1. The molecule has 0 amide bonds. The van der Waals surface area contributed by atoms with Crippen LogP contribution in [0.15, 0.2) is 23.1 Å². The van der Waals surface area contributed by atoms with Crippen molar-refractivity contribution in [3.05, 3.63) is 40.2 Å². The molecule has 1 atom stereocenters. The summed E-state index contributed by atoms with van der Waals surface area (Å²) < 4.78 is 14.3. The van der Waals surface area contributed by atoms with Gasteiger partial charge in [0.15, 0.2) is 0 Å². The molecular formula is C14H18ClN3OS. The number of aromatic nitrogens is 2. The molecule has 108 valence electrons. The smallest absolute Gasteiger partial charge is 0.0856 e. The molecule has 0 spiro atoms. The molecule has 0 radical (unpaired) electrons. The van der Waals surface area contributed by atoms with E-state index in [1.807, 2.05) is 32.9 Å². The molecule has 20 heavy (non-hydrogen) atoms. The minimum atomic E-state index is -1.24. The Kier molecular flexibility index (Phi) is 4.50. The van der Waals surface area contributed by atoms with Gasteiger partial charge < -0.3 is 5.73 Å². The Hall–Kier alpha value is -1.33. The van der Waals surface area contributed by atoms with Gasteiger partial charge in [-0.05, 0) is 32.4 Å². The summed E-state index contributed by atoms with van der Waals surface area (Å²) in [6, 6.07) is 5.57. The fourth-order valence-corrected chi connectivity index (χ4v) is 3.68. The number of aryl methyl sites for hydroxylation is 3. The number of nitrogens with zero attached hydrogens (tertiary/aromatic N) is 2. The van der Waals surface area contributed by atoms with Gasteiger partial charge in [-0.15, -0.1) is 0 Å². The summed E-state index contributed by atoms with van der Waals surface area (Å²) in [5.74, 6) is 0.321. The molecular weight excluding hydrogens is 294 g/mol. The SMILES string of the molecule is CCn1nc(C)c(Cl)c1CS(=O)c1cccc(C)c1N. The largest absolute Gasteiger partial charge is 0.398 e. The van der Waals surface area contributed by atoms with Crippen molar-refractivity contribution in [3.8, 4) is 0 Å². The van der Waals surface area contributed by atoms with E-state index in [0.29, 0.717) is 27.9 Å². The van der Waals surface area contributed by atoms with E-state index >= 15 is 0 Å². The van der Waals surface area contributed by atoms with Gasteiger partial charge in [0.2, 0.25) is 0 Å². The van der Waals surface area contributed by atoms with Gasteiger partial charge in [0, 0.05) is 6.54 Å². The van der Waals surface area contributed by atoms with Crippen LogP contribution in [-0.4, -0.2) is 14.0 Å². The van der Waals surface area contributed by atoms with Crippen LogP contribution in [0.5, 0.6) is 0 Å². The van der Waals surface area contributed by atoms with Crippen LogP contribution in [0.1, 0.15) is 23.9 Å². The zero-order valence-corrected chi connectivity index (χ0v) is 13.4. The zero-order chi connectivity index (χ0) is 14.9. The van der Waals surface area contributed by atoms with Gasteiger partial charge in [-0.3, -0.25) is 8.89 Å². The lowest BCUT2D eigenvalue weighted by atomic mass is 10.2. The first-order chi connectivity index (χ1) is 9.45. The van der Waals surface area contributed by atoms with E-state index < -0.39 is 10.8 Å². The standard InChI is InChI=1S/C14H18ClN3OS/c1-4-18-11(13(15)10(3)17-18)8-20(19)12-7-5-6-9(2)14(12)16/h5-7H,4,8,16H2,1-3H3. The number of hydrogen-bond acceptors (Lipinski definition) is 3. The second-order valence-corrected chi connectivity index (χ2v) is 6.44. The molecule has 2 N–H and O–H groups in total. The first-order valence-corrected chi connectivity index (χ1v) is 8.10. The predicted molar refractivity (Wildman–Crippen MR) is 83.4 cm³/mol. The van der Waals surface area contributed by atoms with E-state index in [-0.39, 0.29) is 0 Å². The molecule has 6 heteroatoms. The molecule has 2 rings (SSSR count). The minimum Gasteiger partial charge on any atom is -0.398 e. The summed E-state index contributed by atoms with van der Waals surface area (Å²) in [5.41, 5.74) is 9.08. The number of nitrogens with two attached hydrogens (primary N) is 1. The highest BCUT2D eigenvalue weighted by atomic mass is 35.5. The molecule has 0 fully saturated rings. The van der Waals surface area contributed by atoms with Crippen molar-refractivity contribution in [2.45, 2.75) is 38.0 Å². The highest BCUT2D eigenvalue weighted by Crippen LogP contribution is 2.26. The lowest BCUT2D eigenvalue weighted by molar-refractivity contribution is 0.627. The average molecular weight is 312 g/mol. The fraction of sp³-hybridized carbons (Fsp3) is 0.357. The first-order valence-electron chi connectivity index (χ1n) is 6.41. The summed E-state index contributed by atoms with van der Waals surface area (Å²) in [7, 11) is -1.24. The summed E-state index contributed by atoms with van der Waals surface area (Å²) in [4.78, 5) is 0.655. The normalized spacial score (nSPS) is 12.6. The predicted octanol–water partition coefficient (Wildman–Crippen LogP) is 3.06. The van der Waals surface area contributed by atoms with Crippen LogP contribution in [0.3, 0.4) is 0 Å². The summed E-state index contributed by atoms with van der Waals surface area (Å²) in [5, 5.41) is 4.92. The maximum absolute atomic E-state index is 12.5. The Bertz CT molecular complexity index is 667. The Labute approximate surface area is 126 Å². The molecule has 0 saturated heterocycles. The number of nitrogen functional groups attached to an aromatic ring is 1. The van der Waals surface area contributed by atoms with Gasteiger partial charge >= 0.3 is 0 Å². The third-order valence-corrected chi connectivity index (χ3v) is 5.12. The molecule has 1 unspecified atom stereocenters. The molecule has 0 saturated carbocycles. The van der Waals surface area contributed by atoms with E-state index in [9.17, 15) is 4.21 Å². The number of para-hydroxylation sites is 1. The third kappa shape index (κ3) is 2.74. The lowest BCUT2D eigenvalue weighted by Crippen LogP contribution is -2.08. The van der Waals surface area contributed by atoms with Crippen molar-refractivity contribution in [1.82, 2.24) is 9.78 Å². The molecule has 0 bridgehead atoms. The molecule has 0 aliphatic rings. The summed E-state index contributed by atoms with van der Waals surface area (Å²) in [6.07, 6.45) is 0. The van der Waals surface area contributed by atoms with Crippen LogP contribution < -0.4 is 5.73 Å². The van der Waals surface area contributed by atoms with Crippen LogP contribution in [0, 0.1) is 13.8 Å². The van der Waals surface area contributed by atoms with Crippen molar-refractivity contribution in [2.75, 3.05) is 5.73 Å². The molecule has 0 aliphatic carbocycles. The van der Waals surface area contributed by atoms with E-state index in [2.05, 4.69) is 5.10 Å². The van der Waals surface area contributed by atoms with E-state index in [1.165, 1.54) is 0 Å². The Morgan fingerprint density at radius 2 is 2.10 bits per heavy atom. The average Bonchev–Trinajstić information content (AvgIpc) is 2.69. The van der Waals surface area contributed by atoms with E-state index in [4.69, 9.17) is 17.3 Å². The molecule has 0 aliphatic heterocycles. The first kappa shape index (κ1) is 15.1. The minimum absolute atomic E-state index is 0.321. The molecule has 2 aromatic rings. The van der Waals surface area contributed by atoms with Crippen LogP contribution >= 0.6 is 11.6 Å². The van der Waals surface area contributed by atoms with Gasteiger partial charge in [-0.1, -0.05) is 23.7 Å². The Morgan fingerprint density at radius 1 is 1.40 bits per heavy atom. The molecule has 1 aromatic carbocycles.